The van der Waals surface area contributed by atoms with Crippen molar-refractivity contribution >= 4 is 23.4 Å². The highest BCUT2D eigenvalue weighted by Crippen LogP contribution is 2.15. The first kappa shape index (κ1) is 12.5. The molecule has 0 fully saturated rings. The summed E-state index contributed by atoms with van der Waals surface area (Å²) in [5.41, 5.74) is 6.32. The first-order valence-electron chi connectivity index (χ1n) is 4.87. The normalized spacial score (nSPS) is 9.81. The molecule has 0 amide bonds. The zero-order valence-electron chi connectivity index (χ0n) is 9.06. The van der Waals surface area contributed by atoms with Gasteiger partial charge in [0.15, 0.2) is 0 Å². The zero-order valence-corrected chi connectivity index (χ0v) is 9.82. The van der Waals surface area contributed by atoms with Crippen molar-refractivity contribution in [1.29, 1.82) is 0 Å². The average Bonchev–Trinajstić information content (AvgIpc) is 2.28. The second-order valence-electron chi connectivity index (χ2n) is 3.19. The Morgan fingerprint density at radius 3 is 2.44 bits per heavy atom. The number of hydrogen-bond acceptors (Lipinski definition) is 4. The average molecular weight is 239 g/mol. The number of nitrogens with zero attached hydrogens (tertiary/aromatic N) is 3. The van der Waals surface area contributed by atoms with Crippen LogP contribution in [0.5, 0.6) is 0 Å². The number of nitrogen functional groups attached to an aromatic ring is 1. The van der Waals surface area contributed by atoms with Crippen LogP contribution in [0.2, 0.25) is 0 Å². The molecule has 1 rings (SSSR count). The molecule has 86 valence electrons. The molecule has 5 heteroatoms. The molecule has 0 saturated heterocycles. The summed E-state index contributed by atoms with van der Waals surface area (Å²) in [5, 5.41) is 0. The molecule has 0 unspecified atom stereocenters. The van der Waals surface area contributed by atoms with E-state index in [1.54, 1.807) is 12.2 Å². The number of anilines is 2. The summed E-state index contributed by atoms with van der Waals surface area (Å²) < 4.78 is 0. The predicted molar refractivity (Wildman–Crippen MR) is 68.6 cm³/mol. The molecule has 4 nitrogen and oxygen atoms in total. The zero-order chi connectivity index (χ0) is 12.0. The van der Waals surface area contributed by atoms with Crippen molar-refractivity contribution in [2.24, 2.45) is 0 Å². The molecule has 0 aliphatic heterocycles. The summed E-state index contributed by atoms with van der Waals surface area (Å²) in [7, 11) is 0. The highest BCUT2D eigenvalue weighted by atomic mass is 35.5. The fourth-order valence-corrected chi connectivity index (χ4v) is 1.44. The maximum Gasteiger partial charge on any atom is 0.222 e. The van der Waals surface area contributed by atoms with Gasteiger partial charge in [0, 0.05) is 19.2 Å². The third kappa shape index (κ3) is 3.24. The van der Waals surface area contributed by atoms with Crippen molar-refractivity contribution < 1.29 is 0 Å². The Balaban J connectivity index is 3.01. The van der Waals surface area contributed by atoms with Crippen LogP contribution in [0.4, 0.5) is 11.8 Å². The van der Waals surface area contributed by atoms with E-state index < -0.39 is 0 Å². The van der Waals surface area contributed by atoms with Gasteiger partial charge in [-0.2, -0.15) is 4.98 Å². The Morgan fingerprint density at radius 2 is 1.94 bits per heavy atom. The monoisotopic (exact) mass is 238 g/mol. The molecule has 0 radical (unpaired) electrons. The van der Waals surface area contributed by atoms with Gasteiger partial charge in [0.1, 0.15) is 5.82 Å². The molecular formula is C11H15ClN4. The maximum absolute atomic E-state index is 5.73. The van der Waals surface area contributed by atoms with Gasteiger partial charge in [0.2, 0.25) is 5.95 Å². The lowest BCUT2D eigenvalue weighted by molar-refractivity contribution is 0.913. The SMILES string of the molecule is C=CCN(CC=C)c1cc(CCl)nc(N)n1. The number of nitrogens with two attached hydrogens (primary N) is 1. The fraction of sp³-hybridized carbons (Fsp3) is 0.273. The van der Waals surface area contributed by atoms with Gasteiger partial charge >= 0.3 is 0 Å². The highest BCUT2D eigenvalue weighted by Gasteiger charge is 2.07. The van der Waals surface area contributed by atoms with Gasteiger partial charge in [-0.3, -0.25) is 0 Å². The van der Waals surface area contributed by atoms with Crippen LogP contribution < -0.4 is 10.6 Å². The second-order valence-corrected chi connectivity index (χ2v) is 3.46. The Bertz CT molecular complexity index is 368. The first-order valence-corrected chi connectivity index (χ1v) is 5.40. The molecule has 16 heavy (non-hydrogen) atoms. The lowest BCUT2D eigenvalue weighted by atomic mass is 10.3. The number of rotatable bonds is 6. The van der Waals surface area contributed by atoms with E-state index in [9.17, 15) is 0 Å². The Labute approximate surface area is 100 Å². The summed E-state index contributed by atoms with van der Waals surface area (Å²) in [6.07, 6.45) is 3.59. The van der Waals surface area contributed by atoms with Crippen molar-refractivity contribution in [2.45, 2.75) is 5.88 Å². The van der Waals surface area contributed by atoms with Crippen LogP contribution in [0.15, 0.2) is 31.4 Å². The third-order valence-electron chi connectivity index (χ3n) is 1.94. The summed E-state index contributed by atoms with van der Waals surface area (Å²) in [5.74, 6) is 1.28. The molecule has 0 aliphatic carbocycles. The Morgan fingerprint density at radius 1 is 1.31 bits per heavy atom. The van der Waals surface area contributed by atoms with Crippen LogP contribution in [0.1, 0.15) is 5.69 Å². The van der Waals surface area contributed by atoms with Gasteiger partial charge in [-0.15, -0.1) is 24.8 Å². The summed E-state index contributed by atoms with van der Waals surface area (Å²) in [6.45, 7) is 8.73. The van der Waals surface area contributed by atoms with Crippen LogP contribution in [0.3, 0.4) is 0 Å². The van der Waals surface area contributed by atoms with Crippen LogP contribution in [0.25, 0.3) is 0 Å². The predicted octanol–water partition coefficient (Wildman–Crippen LogP) is 1.98. The second kappa shape index (κ2) is 6.12. The number of hydrogen-bond donors (Lipinski definition) is 1. The van der Waals surface area contributed by atoms with Crippen LogP contribution in [-0.2, 0) is 5.88 Å². The van der Waals surface area contributed by atoms with E-state index >= 15 is 0 Å². The largest absolute Gasteiger partial charge is 0.368 e. The van der Waals surface area contributed by atoms with Gasteiger partial charge in [-0.05, 0) is 0 Å². The number of aromatic nitrogens is 2. The van der Waals surface area contributed by atoms with Gasteiger partial charge in [0.05, 0.1) is 11.6 Å². The van der Waals surface area contributed by atoms with E-state index in [2.05, 4.69) is 23.1 Å². The molecule has 0 bridgehead atoms. The van der Waals surface area contributed by atoms with E-state index in [1.165, 1.54) is 0 Å². The first-order chi connectivity index (χ1) is 7.71. The highest BCUT2D eigenvalue weighted by molar-refractivity contribution is 6.16. The minimum Gasteiger partial charge on any atom is -0.368 e. The van der Waals surface area contributed by atoms with E-state index in [0.29, 0.717) is 24.7 Å². The van der Waals surface area contributed by atoms with E-state index in [-0.39, 0.29) is 5.95 Å². The van der Waals surface area contributed by atoms with Crippen molar-refractivity contribution in [3.05, 3.63) is 37.1 Å². The van der Waals surface area contributed by atoms with Crippen molar-refractivity contribution in [2.75, 3.05) is 23.7 Å². The van der Waals surface area contributed by atoms with E-state index in [1.807, 2.05) is 11.0 Å². The molecule has 0 aliphatic rings. The molecule has 1 heterocycles. The molecule has 2 N–H and O–H groups in total. The quantitative estimate of drug-likeness (QED) is 0.608. The molecule has 0 aromatic carbocycles. The van der Waals surface area contributed by atoms with Gasteiger partial charge in [0.25, 0.3) is 0 Å². The van der Waals surface area contributed by atoms with Gasteiger partial charge < -0.3 is 10.6 Å². The topological polar surface area (TPSA) is 55.0 Å². The summed E-state index contributed by atoms with van der Waals surface area (Å²) >= 11 is 5.73. The molecule has 0 spiro atoms. The van der Waals surface area contributed by atoms with Crippen molar-refractivity contribution in [1.82, 2.24) is 9.97 Å². The van der Waals surface area contributed by atoms with E-state index in [4.69, 9.17) is 17.3 Å². The lowest BCUT2D eigenvalue weighted by Gasteiger charge is -2.20. The lowest BCUT2D eigenvalue weighted by Crippen LogP contribution is -2.24. The molecule has 1 aromatic rings. The molecule has 1 aromatic heterocycles. The number of alkyl halides is 1. The minimum absolute atomic E-state index is 0.228. The van der Waals surface area contributed by atoms with Crippen LogP contribution >= 0.6 is 11.6 Å². The summed E-state index contributed by atoms with van der Waals surface area (Å²) in [4.78, 5) is 10.1. The smallest absolute Gasteiger partial charge is 0.222 e. The molecular weight excluding hydrogens is 224 g/mol. The summed E-state index contributed by atoms with van der Waals surface area (Å²) in [6, 6.07) is 1.82. The van der Waals surface area contributed by atoms with Gasteiger partial charge in [-0.25, -0.2) is 4.98 Å². The van der Waals surface area contributed by atoms with Crippen LogP contribution in [0, 0.1) is 0 Å². The minimum atomic E-state index is 0.228. The van der Waals surface area contributed by atoms with Gasteiger partial charge in [-0.1, -0.05) is 12.2 Å². The Kier molecular flexibility index (Phi) is 4.79. The fourth-order valence-electron chi connectivity index (χ4n) is 1.31. The molecule has 0 atom stereocenters. The third-order valence-corrected chi connectivity index (χ3v) is 2.22. The number of halogens is 1. The van der Waals surface area contributed by atoms with E-state index in [0.717, 1.165) is 5.82 Å². The standard InChI is InChI=1S/C11H15ClN4/c1-3-5-16(6-4-2)10-7-9(8-12)14-11(13)15-10/h3-4,7H,1-2,5-6,8H2,(H2,13,14,15). The van der Waals surface area contributed by atoms with Crippen LogP contribution in [-0.4, -0.2) is 23.1 Å². The maximum atomic E-state index is 5.73. The van der Waals surface area contributed by atoms with Crippen molar-refractivity contribution in [3.63, 3.8) is 0 Å². The van der Waals surface area contributed by atoms with Crippen molar-refractivity contribution in [3.8, 4) is 0 Å². The molecule has 0 saturated carbocycles. The Hall–Kier alpha value is -1.55.